The number of fused-ring (bicyclic) bond motifs is 1. The van der Waals surface area contributed by atoms with Crippen LogP contribution in [-0.2, 0) is 9.53 Å². The number of anilines is 1. The van der Waals surface area contributed by atoms with Gasteiger partial charge in [-0.25, -0.2) is 14.4 Å². The van der Waals surface area contributed by atoms with Crippen LogP contribution in [0, 0.1) is 17.1 Å². The molecule has 1 spiro atoms. The highest BCUT2D eigenvalue weighted by atomic mass is 19.1. The lowest BCUT2D eigenvalue weighted by atomic mass is 9.89. The maximum atomic E-state index is 14.3. The number of nitriles is 1. The second-order valence-corrected chi connectivity index (χ2v) is 7.76. The van der Waals surface area contributed by atoms with E-state index in [9.17, 15) is 9.18 Å². The minimum absolute atomic E-state index is 0.0337. The van der Waals surface area contributed by atoms with Crippen LogP contribution in [-0.4, -0.2) is 45.7 Å². The van der Waals surface area contributed by atoms with Gasteiger partial charge in [0.2, 0.25) is 5.95 Å². The Hall–Kier alpha value is -3.05. The molecule has 0 aliphatic carbocycles. The zero-order valence-electron chi connectivity index (χ0n) is 15.8. The molecule has 3 saturated heterocycles. The molecule has 0 saturated carbocycles. The summed E-state index contributed by atoms with van der Waals surface area (Å²) in [5, 5.41) is 8.88. The molecule has 3 aliphatic rings. The summed E-state index contributed by atoms with van der Waals surface area (Å²) >= 11 is 0. The van der Waals surface area contributed by atoms with Crippen LogP contribution in [0.1, 0.15) is 42.9 Å². The predicted molar refractivity (Wildman–Crippen MR) is 101 cm³/mol. The number of hydrogen-bond acceptors (Lipinski definition) is 6. The van der Waals surface area contributed by atoms with E-state index >= 15 is 0 Å². The third-order valence-corrected chi connectivity index (χ3v) is 6.20. The second kappa shape index (κ2) is 6.78. The first-order chi connectivity index (χ1) is 14.1. The molecular weight excluding hydrogens is 373 g/mol. The van der Waals surface area contributed by atoms with Crippen molar-refractivity contribution in [1.82, 2.24) is 14.9 Å². The summed E-state index contributed by atoms with van der Waals surface area (Å²) < 4.78 is 20.6. The van der Waals surface area contributed by atoms with Gasteiger partial charge < -0.3 is 14.5 Å². The third kappa shape index (κ3) is 2.85. The van der Waals surface area contributed by atoms with Crippen LogP contribution in [0.4, 0.5) is 10.3 Å². The third-order valence-electron chi connectivity index (χ3n) is 6.20. The number of aromatic nitrogens is 2. The number of nitrogens with zero attached hydrogens (tertiary/aromatic N) is 5. The fourth-order valence-electron chi connectivity index (χ4n) is 4.71. The highest BCUT2D eigenvalue weighted by molar-refractivity contribution is 5.88. The first-order valence-corrected chi connectivity index (χ1v) is 9.83. The lowest BCUT2D eigenvalue weighted by Crippen LogP contribution is -2.50. The molecule has 29 heavy (non-hydrogen) atoms. The summed E-state index contributed by atoms with van der Waals surface area (Å²) in [6.45, 7) is 1.17. The standard InChI is InChI=1S/C21H20FN5O2/c22-16-4-2-1-3-15(16)17-5-6-18-27(17)19(28)21(29-18)7-9-26(10-8-21)20-24-12-14(11-23)13-25-20/h1-4,12-13,17-18H,5-10H2/t17-,18+/m0/s1. The van der Waals surface area contributed by atoms with Crippen molar-refractivity contribution in [1.29, 1.82) is 5.26 Å². The van der Waals surface area contributed by atoms with E-state index in [1.54, 1.807) is 23.1 Å². The molecular formula is C21H20FN5O2. The Kier molecular flexibility index (Phi) is 4.21. The minimum Gasteiger partial charge on any atom is -0.342 e. The van der Waals surface area contributed by atoms with Gasteiger partial charge in [0, 0.05) is 31.5 Å². The van der Waals surface area contributed by atoms with Gasteiger partial charge in [-0.05, 0) is 18.9 Å². The minimum atomic E-state index is -0.850. The quantitative estimate of drug-likeness (QED) is 0.780. The molecule has 5 rings (SSSR count). The summed E-state index contributed by atoms with van der Waals surface area (Å²) in [6, 6.07) is 8.40. The molecule has 8 heteroatoms. The molecule has 0 radical (unpaired) electrons. The fraction of sp³-hybridized carbons (Fsp3) is 0.429. The van der Waals surface area contributed by atoms with Crippen molar-refractivity contribution < 1.29 is 13.9 Å². The van der Waals surface area contributed by atoms with E-state index in [0.29, 0.717) is 49.4 Å². The number of benzene rings is 1. The van der Waals surface area contributed by atoms with Crippen LogP contribution < -0.4 is 4.90 Å². The van der Waals surface area contributed by atoms with E-state index in [0.717, 1.165) is 6.42 Å². The normalized spacial score (nSPS) is 25.3. The van der Waals surface area contributed by atoms with Crippen molar-refractivity contribution >= 4 is 11.9 Å². The zero-order valence-corrected chi connectivity index (χ0v) is 15.8. The molecule has 0 unspecified atom stereocenters. The summed E-state index contributed by atoms with van der Waals surface area (Å²) in [6.07, 6.45) is 5.20. The number of ether oxygens (including phenoxy) is 1. The van der Waals surface area contributed by atoms with Crippen molar-refractivity contribution in [3.63, 3.8) is 0 Å². The predicted octanol–water partition coefficient (Wildman–Crippen LogP) is 2.55. The van der Waals surface area contributed by atoms with Crippen molar-refractivity contribution in [3.05, 3.63) is 53.6 Å². The molecule has 1 aromatic heterocycles. The molecule has 7 nitrogen and oxygen atoms in total. The zero-order chi connectivity index (χ0) is 20.0. The van der Waals surface area contributed by atoms with E-state index in [1.807, 2.05) is 11.0 Å². The lowest BCUT2D eigenvalue weighted by Gasteiger charge is -2.37. The van der Waals surface area contributed by atoms with Gasteiger partial charge in [0.15, 0.2) is 5.60 Å². The number of carbonyl (C=O) groups excluding carboxylic acids is 1. The van der Waals surface area contributed by atoms with Gasteiger partial charge in [-0.1, -0.05) is 18.2 Å². The Labute approximate surface area is 167 Å². The average molecular weight is 393 g/mol. The smallest absolute Gasteiger partial charge is 0.257 e. The fourth-order valence-corrected chi connectivity index (χ4v) is 4.71. The van der Waals surface area contributed by atoms with E-state index in [1.165, 1.54) is 18.5 Å². The topological polar surface area (TPSA) is 82.4 Å². The SMILES string of the molecule is N#Cc1cnc(N2CCC3(CC2)O[C@@H]2CC[C@@H](c4ccccc4F)N2C3=O)nc1. The van der Waals surface area contributed by atoms with E-state index < -0.39 is 5.60 Å². The van der Waals surface area contributed by atoms with Crippen LogP contribution >= 0.6 is 0 Å². The van der Waals surface area contributed by atoms with Crippen molar-refractivity contribution in [2.75, 3.05) is 18.0 Å². The van der Waals surface area contributed by atoms with Gasteiger partial charge in [0.1, 0.15) is 18.1 Å². The Morgan fingerprint density at radius 2 is 1.90 bits per heavy atom. The summed E-state index contributed by atoms with van der Waals surface area (Å²) in [4.78, 5) is 25.6. The number of hydrogen-bond donors (Lipinski definition) is 0. The molecule has 1 aromatic carbocycles. The van der Waals surface area contributed by atoms with Crippen molar-refractivity contribution in [3.8, 4) is 6.07 Å². The number of amides is 1. The van der Waals surface area contributed by atoms with Gasteiger partial charge in [0.05, 0.1) is 24.0 Å². The molecule has 148 valence electrons. The number of halogens is 1. The summed E-state index contributed by atoms with van der Waals surface area (Å²) in [5.74, 6) is 0.238. The summed E-state index contributed by atoms with van der Waals surface area (Å²) in [7, 11) is 0. The van der Waals surface area contributed by atoms with Gasteiger partial charge in [0.25, 0.3) is 5.91 Å². The largest absolute Gasteiger partial charge is 0.342 e. The van der Waals surface area contributed by atoms with Gasteiger partial charge in [-0.2, -0.15) is 5.26 Å². The van der Waals surface area contributed by atoms with Crippen LogP contribution in [0.5, 0.6) is 0 Å². The Morgan fingerprint density at radius 3 is 2.59 bits per heavy atom. The van der Waals surface area contributed by atoms with Crippen LogP contribution in [0.2, 0.25) is 0 Å². The number of piperidine rings is 1. The first kappa shape index (κ1) is 18.0. The van der Waals surface area contributed by atoms with E-state index in [4.69, 9.17) is 10.00 Å². The van der Waals surface area contributed by atoms with Crippen molar-refractivity contribution in [2.24, 2.45) is 0 Å². The average Bonchev–Trinajstić information content (AvgIpc) is 3.27. The highest BCUT2D eigenvalue weighted by Gasteiger charge is 2.58. The molecule has 3 fully saturated rings. The first-order valence-electron chi connectivity index (χ1n) is 9.83. The maximum Gasteiger partial charge on any atom is 0.257 e. The molecule has 2 atom stereocenters. The molecule has 4 heterocycles. The maximum absolute atomic E-state index is 14.3. The number of rotatable bonds is 2. The van der Waals surface area contributed by atoms with Gasteiger partial charge in [-0.3, -0.25) is 4.79 Å². The monoisotopic (exact) mass is 393 g/mol. The Bertz CT molecular complexity index is 981. The Morgan fingerprint density at radius 1 is 1.17 bits per heavy atom. The molecule has 3 aliphatic heterocycles. The lowest BCUT2D eigenvalue weighted by molar-refractivity contribution is -0.140. The van der Waals surface area contributed by atoms with Crippen LogP contribution in [0.15, 0.2) is 36.7 Å². The van der Waals surface area contributed by atoms with E-state index in [-0.39, 0.29) is 24.0 Å². The van der Waals surface area contributed by atoms with Crippen LogP contribution in [0.25, 0.3) is 0 Å². The van der Waals surface area contributed by atoms with Crippen molar-refractivity contribution in [2.45, 2.75) is 43.6 Å². The Balaban J connectivity index is 1.33. The molecule has 0 N–H and O–H groups in total. The number of carbonyl (C=O) groups is 1. The van der Waals surface area contributed by atoms with Crippen LogP contribution in [0.3, 0.4) is 0 Å². The molecule has 1 amide bonds. The highest BCUT2D eigenvalue weighted by Crippen LogP contribution is 2.48. The molecule has 0 bridgehead atoms. The summed E-state index contributed by atoms with van der Waals surface area (Å²) in [5.41, 5.74) is 0.126. The van der Waals surface area contributed by atoms with Gasteiger partial charge >= 0.3 is 0 Å². The van der Waals surface area contributed by atoms with E-state index in [2.05, 4.69) is 9.97 Å². The molecule has 2 aromatic rings. The second-order valence-electron chi connectivity index (χ2n) is 7.76. The van der Waals surface area contributed by atoms with Gasteiger partial charge in [-0.15, -0.1) is 0 Å².